The summed E-state index contributed by atoms with van der Waals surface area (Å²) >= 11 is 0. The molecule has 2 aromatic rings. The van der Waals surface area contributed by atoms with Gasteiger partial charge >= 0.3 is 0 Å². The highest BCUT2D eigenvalue weighted by molar-refractivity contribution is 5.83. The molecule has 1 aliphatic carbocycles. The van der Waals surface area contributed by atoms with E-state index in [0.717, 1.165) is 17.5 Å². The summed E-state index contributed by atoms with van der Waals surface area (Å²) < 4.78 is 12.9. The SMILES string of the molecule is CC(NC(=O)C1CC1c1ccc(F)cc1)c1ccc(C#N)cc1. The summed E-state index contributed by atoms with van der Waals surface area (Å²) in [6.45, 7) is 1.93. The van der Waals surface area contributed by atoms with Crippen LogP contribution >= 0.6 is 0 Å². The van der Waals surface area contributed by atoms with Gasteiger partial charge in [-0.05, 0) is 54.7 Å². The first kappa shape index (κ1) is 15.2. The maximum atomic E-state index is 12.9. The average molecular weight is 308 g/mol. The van der Waals surface area contributed by atoms with E-state index in [1.807, 2.05) is 19.1 Å². The third-order valence-electron chi connectivity index (χ3n) is 4.32. The van der Waals surface area contributed by atoms with Crippen LogP contribution in [0, 0.1) is 23.1 Å². The van der Waals surface area contributed by atoms with Gasteiger partial charge in [0.15, 0.2) is 0 Å². The van der Waals surface area contributed by atoms with Crippen molar-refractivity contribution in [3.05, 3.63) is 71.0 Å². The van der Waals surface area contributed by atoms with Gasteiger partial charge in [-0.1, -0.05) is 24.3 Å². The topological polar surface area (TPSA) is 52.9 Å². The van der Waals surface area contributed by atoms with E-state index >= 15 is 0 Å². The zero-order chi connectivity index (χ0) is 16.4. The maximum absolute atomic E-state index is 12.9. The molecule has 3 nitrogen and oxygen atoms in total. The third-order valence-corrected chi connectivity index (χ3v) is 4.32. The number of amides is 1. The van der Waals surface area contributed by atoms with Gasteiger partial charge in [0, 0.05) is 5.92 Å². The van der Waals surface area contributed by atoms with Crippen LogP contribution in [0.2, 0.25) is 0 Å². The fourth-order valence-corrected chi connectivity index (χ4v) is 2.81. The molecule has 1 saturated carbocycles. The summed E-state index contributed by atoms with van der Waals surface area (Å²) in [5.74, 6) is -0.0916. The Morgan fingerprint density at radius 1 is 1.22 bits per heavy atom. The summed E-state index contributed by atoms with van der Waals surface area (Å²) in [6, 6.07) is 15.5. The van der Waals surface area contributed by atoms with E-state index in [0.29, 0.717) is 5.56 Å². The van der Waals surface area contributed by atoms with Gasteiger partial charge < -0.3 is 5.32 Å². The largest absolute Gasteiger partial charge is 0.349 e. The second-order valence-electron chi connectivity index (χ2n) is 5.96. The lowest BCUT2D eigenvalue weighted by Crippen LogP contribution is -2.28. The van der Waals surface area contributed by atoms with Crippen LogP contribution in [-0.4, -0.2) is 5.91 Å². The molecule has 3 atom stereocenters. The molecule has 23 heavy (non-hydrogen) atoms. The van der Waals surface area contributed by atoms with Crippen LogP contribution in [0.5, 0.6) is 0 Å². The number of nitrogens with one attached hydrogen (secondary N) is 1. The van der Waals surface area contributed by atoms with Crippen LogP contribution in [0.25, 0.3) is 0 Å². The molecule has 1 aliphatic rings. The van der Waals surface area contributed by atoms with Crippen molar-refractivity contribution in [2.75, 3.05) is 0 Å². The summed E-state index contributed by atoms with van der Waals surface area (Å²) in [4.78, 5) is 12.3. The minimum atomic E-state index is -0.259. The van der Waals surface area contributed by atoms with Gasteiger partial charge in [0.2, 0.25) is 5.91 Å². The first-order valence-electron chi connectivity index (χ1n) is 7.64. The van der Waals surface area contributed by atoms with Gasteiger partial charge in [0.25, 0.3) is 0 Å². The second-order valence-corrected chi connectivity index (χ2v) is 5.96. The number of carbonyl (C=O) groups excluding carboxylic acids is 1. The molecule has 1 fully saturated rings. The highest BCUT2D eigenvalue weighted by Gasteiger charge is 2.44. The number of carbonyl (C=O) groups is 1. The minimum Gasteiger partial charge on any atom is -0.349 e. The van der Waals surface area contributed by atoms with Crippen LogP contribution in [-0.2, 0) is 4.79 Å². The Bertz CT molecular complexity index is 746. The summed E-state index contributed by atoms with van der Waals surface area (Å²) in [6.07, 6.45) is 0.803. The number of rotatable bonds is 4. The van der Waals surface area contributed by atoms with Gasteiger partial charge in [-0.25, -0.2) is 4.39 Å². The van der Waals surface area contributed by atoms with Gasteiger partial charge in [-0.3, -0.25) is 4.79 Å². The van der Waals surface area contributed by atoms with Crippen molar-refractivity contribution >= 4 is 5.91 Å². The van der Waals surface area contributed by atoms with E-state index in [9.17, 15) is 9.18 Å². The van der Waals surface area contributed by atoms with Crippen molar-refractivity contribution in [2.45, 2.75) is 25.3 Å². The Kier molecular flexibility index (Phi) is 4.12. The van der Waals surface area contributed by atoms with Crippen molar-refractivity contribution in [1.82, 2.24) is 5.32 Å². The normalized spacial score (nSPS) is 20.4. The molecule has 0 aromatic heterocycles. The maximum Gasteiger partial charge on any atom is 0.224 e. The van der Waals surface area contributed by atoms with Gasteiger partial charge in [0.1, 0.15) is 5.82 Å². The molecule has 2 aromatic carbocycles. The van der Waals surface area contributed by atoms with Crippen LogP contribution in [0.4, 0.5) is 4.39 Å². The van der Waals surface area contributed by atoms with E-state index in [2.05, 4.69) is 11.4 Å². The Labute approximate surface area is 134 Å². The number of hydrogen-bond acceptors (Lipinski definition) is 2. The van der Waals surface area contributed by atoms with E-state index < -0.39 is 0 Å². The number of nitrogens with zero attached hydrogens (tertiary/aromatic N) is 1. The first-order valence-corrected chi connectivity index (χ1v) is 7.64. The molecule has 1 amide bonds. The van der Waals surface area contributed by atoms with Crippen molar-refractivity contribution in [2.24, 2.45) is 5.92 Å². The zero-order valence-electron chi connectivity index (χ0n) is 12.8. The Morgan fingerprint density at radius 3 is 2.48 bits per heavy atom. The molecule has 116 valence electrons. The molecule has 4 heteroatoms. The average Bonchev–Trinajstić information content (AvgIpc) is 3.36. The van der Waals surface area contributed by atoms with Crippen molar-refractivity contribution < 1.29 is 9.18 Å². The predicted octanol–water partition coefficient (Wildman–Crippen LogP) is 3.68. The highest BCUT2D eigenvalue weighted by Crippen LogP contribution is 2.47. The van der Waals surface area contributed by atoms with Gasteiger partial charge in [-0.2, -0.15) is 5.26 Å². The minimum absolute atomic E-state index is 0.0242. The molecule has 0 radical (unpaired) electrons. The zero-order valence-corrected chi connectivity index (χ0v) is 12.8. The van der Waals surface area contributed by atoms with Crippen molar-refractivity contribution in [1.29, 1.82) is 5.26 Å². The quantitative estimate of drug-likeness (QED) is 0.936. The van der Waals surface area contributed by atoms with Crippen LogP contribution < -0.4 is 5.32 Å². The third kappa shape index (κ3) is 3.40. The Hall–Kier alpha value is -2.67. The van der Waals surface area contributed by atoms with Crippen LogP contribution in [0.1, 0.15) is 42.0 Å². The van der Waals surface area contributed by atoms with Crippen LogP contribution in [0.15, 0.2) is 48.5 Å². The van der Waals surface area contributed by atoms with Crippen LogP contribution in [0.3, 0.4) is 0 Å². The lowest BCUT2D eigenvalue weighted by atomic mass is 10.1. The molecule has 3 unspecified atom stereocenters. The highest BCUT2D eigenvalue weighted by atomic mass is 19.1. The fraction of sp³-hybridized carbons (Fsp3) is 0.263. The van der Waals surface area contributed by atoms with Crippen molar-refractivity contribution in [3.8, 4) is 6.07 Å². The van der Waals surface area contributed by atoms with Crippen molar-refractivity contribution in [3.63, 3.8) is 0 Å². The summed E-state index contributed by atoms with van der Waals surface area (Å²) in [5, 5.41) is 11.8. The number of halogens is 1. The smallest absolute Gasteiger partial charge is 0.224 e. The first-order chi connectivity index (χ1) is 11.1. The predicted molar refractivity (Wildman–Crippen MR) is 85.0 cm³/mol. The number of nitriles is 1. The number of hydrogen-bond donors (Lipinski definition) is 1. The Balaban J connectivity index is 1.59. The van der Waals surface area contributed by atoms with E-state index in [1.165, 1.54) is 12.1 Å². The van der Waals surface area contributed by atoms with E-state index in [-0.39, 0.29) is 29.6 Å². The Morgan fingerprint density at radius 2 is 1.87 bits per heavy atom. The molecule has 0 bridgehead atoms. The van der Waals surface area contributed by atoms with E-state index in [1.54, 1.807) is 24.3 Å². The molecule has 0 spiro atoms. The summed E-state index contributed by atoms with van der Waals surface area (Å²) in [5.41, 5.74) is 2.58. The van der Waals surface area contributed by atoms with E-state index in [4.69, 9.17) is 5.26 Å². The molecule has 0 heterocycles. The lowest BCUT2D eigenvalue weighted by Gasteiger charge is -2.14. The van der Waals surface area contributed by atoms with Gasteiger partial charge in [-0.15, -0.1) is 0 Å². The number of benzene rings is 2. The second kappa shape index (κ2) is 6.21. The molecule has 1 N–H and O–H groups in total. The lowest BCUT2D eigenvalue weighted by molar-refractivity contribution is -0.123. The molecular formula is C19H17FN2O. The summed E-state index contributed by atoms with van der Waals surface area (Å²) in [7, 11) is 0. The monoisotopic (exact) mass is 308 g/mol. The standard InChI is InChI=1S/C19H17FN2O/c1-12(14-4-2-13(11-21)3-5-14)22-19(23)18-10-17(18)15-6-8-16(20)9-7-15/h2-9,12,17-18H,10H2,1H3,(H,22,23). The molecule has 0 saturated heterocycles. The molecular weight excluding hydrogens is 291 g/mol. The fourth-order valence-electron chi connectivity index (χ4n) is 2.81. The van der Waals surface area contributed by atoms with Gasteiger partial charge in [0.05, 0.1) is 17.7 Å². The molecule has 3 rings (SSSR count). The molecule has 0 aliphatic heterocycles.